The molecule has 0 unspecified atom stereocenters. The number of hydrogen-bond acceptors (Lipinski definition) is 4. The van der Waals surface area contributed by atoms with Crippen molar-refractivity contribution in [1.29, 1.82) is 0 Å². The van der Waals surface area contributed by atoms with E-state index < -0.39 is 17.4 Å². The summed E-state index contributed by atoms with van der Waals surface area (Å²) in [6.07, 6.45) is 3.71. The molecule has 0 fully saturated rings. The molecule has 7 nitrogen and oxygen atoms in total. The average molecular weight is 469 g/mol. The topological polar surface area (TPSA) is 78.2 Å². The van der Waals surface area contributed by atoms with Crippen molar-refractivity contribution in [3.05, 3.63) is 69.7 Å². The van der Waals surface area contributed by atoms with E-state index >= 15 is 4.39 Å². The minimum Gasteiger partial charge on any atom is -0.490 e. The van der Waals surface area contributed by atoms with Crippen molar-refractivity contribution < 1.29 is 13.9 Å². The second-order valence-corrected chi connectivity index (χ2v) is 8.40. The summed E-state index contributed by atoms with van der Waals surface area (Å²) in [6.45, 7) is 7.87. The Bertz CT molecular complexity index is 1220. The van der Waals surface area contributed by atoms with Crippen molar-refractivity contribution in [2.75, 3.05) is 5.32 Å². The van der Waals surface area contributed by atoms with E-state index in [4.69, 9.17) is 4.74 Å². The van der Waals surface area contributed by atoms with Gasteiger partial charge in [-0.3, -0.25) is 9.36 Å². The van der Waals surface area contributed by atoms with Crippen molar-refractivity contribution in [3.63, 3.8) is 0 Å². The monoisotopic (exact) mass is 468 g/mol. The van der Waals surface area contributed by atoms with E-state index in [1.807, 2.05) is 45.0 Å². The number of carbonyl (C=O) groups excluding carboxylic acids is 1. The first-order valence-electron chi connectivity index (χ1n) is 11.8. The van der Waals surface area contributed by atoms with Crippen LogP contribution in [0.2, 0.25) is 0 Å². The largest absolute Gasteiger partial charge is 0.490 e. The Balaban J connectivity index is 2.07. The van der Waals surface area contributed by atoms with Crippen LogP contribution < -0.4 is 15.7 Å². The van der Waals surface area contributed by atoms with Gasteiger partial charge in [-0.2, -0.15) is 4.68 Å². The van der Waals surface area contributed by atoms with Crippen molar-refractivity contribution in [2.45, 2.75) is 65.9 Å². The molecule has 3 rings (SSSR count). The number of nitrogens with zero attached hydrogens (tertiary/aromatic N) is 3. The van der Waals surface area contributed by atoms with Crippen molar-refractivity contribution >= 4 is 11.6 Å². The highest BCUT2D eigenvalue weighted by atomic mass is 19.1. The molecular formula is C26H33FN4O3. The minimum absolute atomic E-state index is 0.0538. The number of para-hydroxylation sites is 1. The zero-order valence-electron chi connectivity index (χ0n) is 20.5. The second-order valence-electron chi connectivity index (χ2n) is 8.40. The van der Waals surface area contributed by atoms with Gasteiger partial charge >= 0.3 is 5.69 Å². The first-order chi connectivity index (χ1) is 16.3. The third-order valence-electron chi connectivity index (χ3n) is 5.72. The third kappa shape index (κ3) is 5.38. The highest BCUT2D eigenvalue weighted by Gasteiger charge is 2.22. The van der Waals surface area contributed by atoms with E-state index in [-0.39, 0.29) is 23.1 Å². The van der Waals surface area contributed by atoms with Gasteiger partial charge in [-0.05, 0) is 37.5 Å². The van der Waals surface area contributed by atoms with E-state index in [1.165, 1.54) is 10.6 Å². The molecule has 1 N–H and O–H groups in total. The van der Waals surface area contributed by atoms with Crippen LogP contribution in [0.5, 0.6) is 5.75 Å². The fourth-order valence-corrected chi connectivity index (χ4v) is 3.92. The van der Waals surface area contributed by atoms with Crippen molar-refractivity contribution in [3.8, 4) is 11.4 Å². The van der Waals surface area contributed by atoms with Crippen LogP contribution in [0, 0.1) is 5.82 Å². The van der Waals surface area contributed by atoms with Gasteiger partial charge in [0, 0.05) is 25.2 Å². The first-order valence-corrected chi connectivity index (χ1v) is 11.8. The molecule has 0 saturated heterocycles. The number of benzene rings is 2. The van der Waals surface area contributed by atoms with Gasteiger partial charge in [0.15, 0.2) is 0 Å². The lowest BCUT2D eigenvalue weighted by molar-refractivity contribution is 0.101. The molecule has 1 atom stereocenters. The molecule has 1 aromatic heterocycles. The summed E-state index contributed by atoms with van der Waals surface area (Å²) in [5, 5.41) is 7.16. The highest BCUT2D eigenvalue weighted by molar-refractivity contribution is 6.06. The Kier molecular flexibility index (Phi) is 8.26. The smallest absolute Gasteiger partial charge is 0.350 e. The summed E-state index contributed by atoms with van der Waals surface area (Å²) in [4.78, 5) is 25.9. The summed E-state index contributed by atoms with van der Waals surface area (Å²) in [6, 6.07) is 10.1. The normalized spacial score (nSPS) is 11.9. The average Bonchev–Trinajstić information content (AvgIpc) is 3.10. The molecule has 1 heterocycles. The Morgan fingerprint density at radius 3 is 2.56 bits per heavy atom. The summed E-state index contributed by atoms with van der Waals surface area (Å²) < 4.78 is 23.7. The zero-order chi connectivity index (χ0) is 24.8. The number of amides is 1. The lowest BCUT2D eigenvalue weighted by Crippen LogP contribution is -2.24. The van der Waals surface area contributed by atoms with E-state index in [9.17, 15) is 9.59 Å². The summed E-state index contributed by atoms with van der Waals surface area (Å²) in [5.74, 6) is -0.473. The molecule has 3 aromatic rings. The number of anilines is 1. The number of aryl methyl sites for hydroxylation is 2. The summed E-state index contributed by atoms with van der Waals surface area (Å²) in [5.41, 5.74) is 1.23. The standard InChI is InChI=1S/C26H33FN4O3/c1-6-11-17(4)34-23-16-22(31-26(33)30(5)24(8-3)29-31)20(27)15-19(23)25(32)28-21-14-10-9-13-18(21)12-7-2/h9-10,13-17H,6-8,11-12H2,1-5H3,(H,28,32)/t17-/m0/s1. The Hall–Kier alpha value is -3.42. The van der Waals surface area contributed by atoms with E-state index in [0.717, 1.165) is 42.0 Å². The Morgan fingerprint density at radius 1 is 1.18 bits per heavy atom. The third-order valence-corrected chi connectivity index (χ3v) is 5.72. The van der Waals surface area contributed by atoms with Crippen LogP contribution in [0.15, 0.2) is 41.2 Å². The molecule has 0 aliphatic heterocycles. The van der Waals surface area contributed by atoms with Gasteiger partial charge in [0.05, 0.1) is 11.7 Å². The van der Waals surface area contributed by atoms with Crippen molar-refractivity contribution in [2.24, 2.45) is 7.05 Å². The number of ether oxygens (including phenoxy) is 1. The van der Waals surface area contributed by atoms with Gasteiger partial charge in [0.25, 0.3) is 5.91 Å². The molecule has 1 amide bonds. The predicted molar refractivity (Wildman–Crippen MR) is 132 cm³/mol. The van der Waals surface area contributed by atoms with Crippen LogP contribution in [0.1, 0.15) is 68.7 Å². The lowest BCUT2D eigenvalue weighted by atomic mass is 10.1. The predicted octanol–water partition coefficient (Wildman–Crippen LogP) is 5.04. The Labute approximate surface area is 199 Å². The van der Waals surface area contributed by atoms with E-state index in [2.05, 4.69) is 17.3 Å². The fraction of sp³-hybridized carbons (Fsp3) is 0.423. The van der Waals surface area contributed by atoms with E-state index in [0.29, 0.717) is 17.9 Å². The maximum absolute atomic E-state index is 15.3. The molecule has 182 valence electrons. The SMILES string of the molecule is CCCc1ccccc1NC(=O)c1cc(F)c(-n2nc(CC)n(C)c2=O)cc1O[C@@H](C)CCC. The van der Waals surface area contributed by atoms with Gasteiger partial charge in [0.2, 0.25) is 0 Å². The number of halogens is 1. The molecule has 2 aromatic carbocycles. The first kappa shape index (κ1) is 25.2. The van der Waals surface area contributed by atoms with Gasteiger partial charge in [-0.15, -0.1) is 5.10 Å². The maximum Gasteiger partial charge on any atom is 0.350 e. The molecule has 0 radical (unpaired) electrons. The van der Waals surface area contributed by atoms with Crippen LogP contribution in [0.4, 0.5) is 10.1 Å². The maximum atomic E-state index is 15.3. The Morgan fingerprint density at radius 2 is 1.91 bits per heavy atom. The number of nitrogens with one attached hydrogen (secondary N) is 1. The molecule has 0 bridgehead atoms. The fourth-order valence-electron chi connectivity index (χ4n) is 3.92. The second kappa shape index (κ2) is 11.1. The zero-order valence-corrected chi connectivity index (χ0v) is 20.5. The molecule has 8 heteroatoms. The van der Waals surface area contributed by atoms with Crippen LogP contribution in [0.25, 0.3) is 5.69 Å². The minimum atomic E-state index is -0.731. The molecular weight excluding hydrogens is 435 g/mol. The van der Waals surface area contributed by atoms with Gasteiger partial charge < -0.3 is 10.1 Å². The summed E-state index contributed by atoms with van der Waals surface area (Å²) >= 11 is 0. The van der Waals surface area contributed by atoms with Crippen LogP contribution in [-0.4, -0.2) is 26.4 Å². The molecule has 0 aliphatic carbocycles. The molecule has 0 saturated carbocycles. The quantitative estimate of drug-likeness (QED) is 0.452. The van der Waals surface area contributed by atoms with Crippen molar-refractivity contribution in [1.82, 2.24) is 14.3 Å². The highest BCUT2D eigenvalue weighted by Crippen LogP contribution is 2.28. The number of hydrogen-bond donors (Lipinski definition) is 1. The molecule has 0 spiro atoms. The lowest BCUT2D eigenvalue weighted by Gasteiger charge is -2.19. The number of carbonyl (C=O) groups is 1. The van der Waals surface area contributed by atoms with Crippen LogP contribution in [-0.2, 0) is 19.9 Å². The van der Waals surface area contributed by atoms with Crippen LogP contribution in [0.3, 0.4) is 0 Å². The van der Waals surface area contributed by atoms with Gasteiger partial charge in [-0.1, -0.05) is 51.8 Å². The number of aromatic nitrogens is 3. The molecule has 0 aliphatic rings. The van der Waals surface area contributed by atoms with E-state index in [1.54, 1.807) is 7.05 Å². The van der Waals surface area contributed by atoms with Gasteiger partial charge in [-0.25, -0.2) is 9.18 Å². The molecule has 34 heavy (non-hydrogen) atoms. The van der Waals surface area contributed by atoms with Crippen LogP contribution >= 0.6 is 0 Å². The van der Waals surface area contributed by atoms with Gasteiger partial charge in [0.1, 0.15) is 23.1 Å². The summed E-state index contributed by atoms with van der Waals surface area (Å²) in [7, 11) is 1.60. The number of rotatable bonds is 10.